The van der Waals surface area contributed by atoms with Crippen LogP contribution in [0.15, 0.2) is 39.9 Å². The van der Waals surface area contributed by atoms with Gasteiger partial charge in [0.25, 0.3) is 5.56 Å². The lowest BCUT2D eigenvalue weighted by atomic mass is 9.21. The van der Waals surface area contributed by atoms with Crippen LogP contribution in [0.2, 0.25) is 5.82 Å². The van der Waals surface area contributed by atoms with E-state index in [1.807, 2.05) is 29.8 Å². The van der Waals surface area contributed by atoms with Crippen molar-refractivity contribution in [2.24, 2.45) is 26.6 Å². The number of aryl methyl sites for hydroxylation is 2. The lowest BCUT2D eigenvalue weighted by Crippen LogP contribution is -2.75. The van der Waals surface area contributed by atoms with Crippen molar-refractivity contribution >= 4 is 18.3 Å². The molecule has 9 nitrogen and oxygen atoms in total. The maximum atomic E-state index is 13.0. The number of imidazole rings is 1. The van der Waals surface area contributed by atoms with Crippen molar-refractivity contribution in [3.8, 4) is 0 Å². The van der Waals surface area contributed by atoms with Gasteiger partial charge in [-0.1, -0.05) is 30.3 Å². The first-order chi connectivity index (χ1) is 17.3. The third kappa shape index (κ3) is 3.18. The minimum Gasteiger partial charge on any atom is -0.403 e. The summed E-state index contributed by atoms with van der Waals surface area (Å²) < 4.78 is 23.9. The van der Waals surface area contributed by atoms with Gasteiger partial charge in [0.05, 0.1) is 24.4 Å². The van der Waals surface area contributed by atoms with Gasteiger partial charge in [-0.2, -0.15) is 0 Å². The summed E-state index contributed by atoms with van der Waals surface area (Å²) in [6.45, 7) is 9.42. The highest BCUT2D eigenvalue weighted by Gasteiger charge is 2.82. The van der Waals surface area contributed by atoms with Crippen molar-refractivity contribution in [2.75, 3.05) is 6.61 Å². The Kier molecular flexibility index (Phi) is 5.11. The third-order valence-electron chi connectivity index (χ3n) is 9.56. The number of fused-ring (bicyclic) bond motifs is 1. The summed E-state index contributed by atoms with van der Waals surface area (Å²) >= 11 is 0. The largest absolute Gasteiger partial charge is 0.462 e. The van der Waals surface area contributed by atoms with E-state index < -0.39 is 18.3 Å². The molecule has 0 spiro atoms. The molecule has 1 aliphatic heterocycles. The van der Waals surface area contributed by atoms with Crippen molar-refractivity contribution in [3.63, 3.8) is 0 Å². The monoisotopic (exact) mass is 506 g/mol. The molecule has 1 aromatic carbocycles. The number of nitrogens with zero attached hydrogens (tertiary/aromatic N) is 4. The van der Waals surface area contributed by atoms with E-state index in [1.54, 1.807) is 7.05 Å². The minimum atomic E-state index is -0.459. The minimum absolute atomic E-state index is 0.0215. The summed E-state index contributed by atoms with van der Waals surface area (Å²) in [7, 11) is 4.62. The van der Waals surface area contributed by atoms with Crippen molar-refractivity contribution in [2.45, 2.75) is 69.6 Å². The molecule has 1 atom stereocenters. The molecule has 1 unspecified atom stereocenters. The molecule has 37 heavy (non-hydrogen) atoms. The van der Waals surface area contributed by atoms with Crippen LogP contribution in [-0.4, -0.2) is 43.6 Å². The van der Waals surface area contributed by atoms with Gasteiger partial charge >= 0.3 is 12.8 Å². The fourth-order valence-corrected chi connectivity index (χ4v) is 6.94. The molecule has 3 heterocycles. The van der Waals surface area contributed by atoms with Gasteiger partial charge in [0.1, 0.15) is 5.82 Å². The van der Waals surface area contributed by atoms with Gasteiger partial charge in [0.2, 0.25) is 0 Å². The molecule has 1 saturated heterocycles. The molecule has 2 bridgehead atoms. The number of hydrogen-bond acceptors (Lipinski definition) is 6. The first kappa shape index (κ1) is 24.6. The normalized spacial score (nSPS) is 29.4. The Morgan fingerprint density at radius 2 is 1.59 bits per heavy atom. The summed E-state index contributed by atoms with van der Waals surface area (Å²) in [5.41, 5.74) is -0.0473. The van der Waals surface area contributed by atoms with Gasteiger partial charge in [-0.25, -0.2) is 9.78 Å². The molecular formula is C27H35BN4O5. The van der Waals surface area contributed by atoms with E-state index in [0.717, 1.165) is 28.8 Å². The van der Waals surface area contributed by atoms with Gasteiger partial charge in [0.15, 0.2) is 11.2 Å². The van der Waals surface area contributed by atoms with Crippen molar-refractivity contribution in [1.29, 1.82) is 0 Å². The Morgan fingerprint density at radius 3 is 2.22 bits per heavy atom. The van der Waals surface area contributed by atoms with Crippen LogP contribution in [0.25, 0.3) is 11.2 Å². The fourth-order valence-electron chi connectivity index (χ4n) is 6.94. The van der Waals surface area contributed by atoms with Crippen LogP contribution in [0, 0.1) is 5.41 Å². The molecule has 196 valence electrons. The highest BCUT2D eigenvalue weighted by molar-refractivity contribution is 6.49. The molecule has 0 radical (unpaired) electrons. The van der Waals surface area contributed by atoms with E-state index >= 15 is 0 Å². The molecule has 2 aromatic heterocycles. The van der Waals surface area contributed by atoms with Gasteiger partial charge in [-0.3, -0.25) is 13.9 Å². The van der Waals surface area contributed by atoms with Gasteiger partial charge in [-0.05, 0) is 51.5 Å². The van der Waals surface area contributed by atoms with Crippen LogP contribution in [0.1, 0.15) is 51.9 Å². The number of benzene rings is 1. The van der Waals surface area contributed by atoms with Crippen molar-refractivity contribution < 1.29 is 14.0 Å². The summed E-state index contributed by atoms with van der Waals surface area (Å²) in [5.74, 6) is 0.832. The highest BCUT2D eigenvalue weighted by atomic mass is 16.7. The molecule has 0 amide bonds. The molecule has 3 aromatic rings. The molecule has 7 rings (SSSR count). The van der Waals surface area contributed by atoms with Crippen molar-refractivity contribution in [1.82, 2.24) is 18.7 Å². The Labute approximate surface area is 216 Å². The average molecular weight is 506 g/mol. The third-order valence-corrected chi connectivity index (χ3v) is 9.56. The smallest absolute Gasteiger partial charge is 0.403 e. The number of aromatic nitrogens is 4. The van der Waals surface area contributed by atoms with E-state index in [2.05, 4.69) is 39.8 Å². The van der Waals surface area contributed by atoms with E-state index in [4.69, 9.17) is 19.0 Å². The zero-order valence-electron chi connectivity index (χ0n) is 22.7. The van der Waals surface area contributed by atoms with Crippen LogP contribution in [0.3, 0.4) is 0 Å². The Bertz CT molecular complexity index is 1500. The Morgan fingerprint density at radius 1 is 0.973 bits per heavy atom. The Hall–Kier alpha value is -2.69. The van der Waals surface area contributed by atoms with Gasteiger partial charge in [0, 0.05) is 32.4 Å². The van der Waals surface area contributed by atoms with Crippen LogP contribution >= 0.6 is 0 Å². The second kappa shape index (κ2) is 7.68. The van der Waals surface area contributed by atoms with E-state index in [1.165, 1.54) is 11.6 Å². The van der Waals surface area contributed by atoms with Crippen LogP contribution in [0.5, 0.6) is 0 Å². The highest BCUT2D eigenvalue weighted by Crippen LogP contribution is 2.82. The molecule has 3 aliphatic carbocycles. The lowest BCUT2D eigenvalue weighted by Gasteiger charge is -2.75. The zero-order chi connectivity index (χ0) is 26.5. The quantitative estimate of drug-likeness (QED) is 0.478. The number of hydrogen-bond donors (Lipinski definition) is 0. The standard InChI is InChI=1S/C27H35BN4O5/c1-24(2)25(3,4)37-28(36-24)21-26(16-35-13-17-11-9-8-10-12-17)14-27(21,15-26)22-29-19-18(30(22)5)20(33)32(7)23(34)31(19)6/h8-12,21H,13-16H2,1-7H3. The topological polar surface area (TPSA) is 89.5 Å². The van der Waals surface area contributed by atoms with E-state index in [9.17, 15) is 9.59 Å². The van der Waals surface area contributed by atoms with Gasteiger partial charge < -0.3 is 18.6 Å². The van der Waals surface area contributed by atoms with Gasteiger partial charge in [-0.15, -0.1) is 0 Å². The van der Waals surface area contributed by atoms with E-state index in [0.29, 0.717) is 24.4 Å². The summed E-state index contributed by atoms with van der Waals surface area (Å²) in [6, 6.07) is 10.2. The summed E-state index contributed by atoms with van der Waals surface area (Å²) in [4.78, 5) is 30.6. The molecule has 3 saturated carbocycles. The maximum Gasteiger partial charge on any atom is 0.462 e. The second-order valence-corrected chi connectivity index (χ2v) is 12.3. The summed E-state index contributed by atoms with van der Waals surface area (Å²) in [5, 5.41) is 0. The lowest BCUT2D eigenvalue weighted by molar-refractivity contribution is -0.194. The number of rotatable bonds is 6. The first-order valence-corrected chi connectivity index (χ1v) is 12.9. The van der Waals surface area contributed by atoms with Crippen molar-refractivity contribution in [3.05, 3.63) is 62.6 Å². The average Bonchev–Trinajstić information content (AvgIpc) is 3.24. The van der Waals surface area contributed by atoms with Crippen LogP contribution in [0.4, 0.5) is 0 Å². The predicted octanol–water partition coefficient (Wildman–Crippen LogP) is 2.68. The zero-order valence-corrected chi connectivity index (χ0v) is 22.7. The predicted molar refractivity (Wildman–Crippen MR) is 140 cm³/mol. The number of ether oxygens (including phenoxy) is 1. The molecule has 4 fully saturated rings. The molecule has 4 aliphatic rings. The fraction of sp³-hybridized carbons (Fsp3) is 0.593. The van der Waals surface area contributed by atoms with Crippen LogP contribution in [-0.2, 0) is 47.2 Å². The molecule has 0 N–H and O–H groups in total. The molecular weight excluding hydrogens is 471 g/mol. The first-order valence-electron chi connectivity index (χ1n) is 12.9. The SMILES string of the molecule is Cn1c(=O)c2c(nc(C34CC(COCc5ccccc5)(C3)C4B3OC(C)(C)C(C)(C)O3)n2C)n(C)c1=O. The Balaban J connectivity index is 1.38. The maximum absolute atomic E-state index is 13.0. The van der Waals surface area contributed by atoms with Crippen LogP contribution < -0.4 is 11.2 Å². The van der Waals surface area contributed by atoms with E-state index in [-0.39, 0.29) is 27.9 Å². The summed E-state index contributed by atoms with van der Waals surface area (Å²) in [6.07, 6.45) is 1.74. The molecule has 10 heteroatoms. The second-order valence-electron chi connectivity index (χ2n) is 12.3.